The summed E-state index contributed by atoms with van der Waals surface area (Å²) in [6.45, 7) is 3.83. The standard InChI is InChI=1S/C23H21N5O5S/c1-3-7-14-19(22(29)32-4-2)20(27-21(25)18(12-24)34-23(27)26-14)17-11-10-16(33-17)13-8-5-6-9-15(13)28(30)31/h5-6,8-11,20H,3-4,7,25H2,1-2H3/t20-/m1/s1. The molecule has 3 heterocycles. The summed E-state index contributed by atoms with van der Waals surface area (Å²) in [5.41, 5.74) is 7.27. The third kappa shape index (κ3) is 3.92. The monoisotopic (exact) mass is 479 g/mol. The van der Waals surface area contributed by atoms with Crippen molar-refractivity contribution in [3.05, 3.63) is 74.3 Å². The molecule has 2 aliphatic heterocycles. The summed E-state index contributed by atoms with van der Waals surface area (Å²) in [7, 11) is 0. The number of esters is 1. The highest BCUT2D eigenvalue weighted by Gasteiger charge is 2.44. The molecular weight excluding hydrogens is 458 g/mol. The lowest BCUT2D eigenvalue weighted by Crippen LogP contribution is -2.38. The van der Waals surface area contributed by atoms with Crippen molar-refractivity contribution in [3.8, 4) is 17.4 Å². The van der Waals surface area contributed by atoms with Gasteiger partial charge in [0.2, 0.25) is 0 Å². The van der Waals surface area contributed by atoms with Gasteiger partial charge in [-0.25, -0.2) is 9.79 Å². The summed E-state index contributed by atoms with van der Waals surface area (Å²) in [6, 6.07) is 10.7. The topological polar surface area (TPSA) is 148 Å². The van der Waals surface area contributed by atoms with Gasteiger partial charge in [-0.1, -0.05) is 25.5 Å². The van der Waals surface area contributed by atoms with E-state index in [0.717, 1.165) is 18.2 Å². The number of nitro benzene ring substituents is 1. The molecule has 174 valence electrons. The number of amidine groups is 1. The molecule has 34 heavy (non-hydrogen) atoms. The van der Waals surface area contributed by atoms with Crippen LogP contribution >= 0.6 is 11.8 Å². The van der Waals surface area contributed by atoms with E-state index in [-0.39, 0.29) is 34.4 Å². The third-order valence-corrected chi connectivity index (χ3v) is 6.29. The largest absolute Gasteiger partial charge is 0.463 e. The molecule has 1 aromatic heterocycles. The molecule has 0 aliphatic carbocycles. The Hall–Kier alpha value is -4.04. The smallest absolute Gasteiger partial charge is 0.338 e. The zero-order valence-electron chi connectivity index (χ0n) is 18.5. The summed E-state index contributed by atoms with van der Waals surface area (Å²) in [4.78, 5) is 30.6. The van der Waals surface area contributed by atoms with Crippen LogP contribution in [0.3, 0.4) is 0 Å². The van der Waals surface area contributed by atoms with Crippen LogP contribution in [-0.4, -0.2) is 27.6 Å². The van der Waals surface area contributed by atoms with Crippen LogP contribution in [0.4, 0.5) is 5.69 Å². The number of hydrogen-bond donors (Lipinski definition) is 1. The first kappa shape index (κ1) is 23.1. The number of carbonyl (C=O) groups is 1. The third-order valence-electron chi connectivity index (χ3n) is 5.31. The second-order valence-electron chi connectivity index (χ2n) is 7.40. The Morgan fingerprint density at radius 2 is 2.12 bits per heavy atom. The number of thioether (sulfide) groups is 1. The van der Waals surface area contributed by atoms with Crippen LogP contribution < -0.4 is 5.73 Å². The van der Waals surface area contributed by atoms with Crippen molar-refractivity contribution in [2.75, 3.05) is 6.61 Å². The Kier molecular flexibility index (Phi) is 6.43. The lowest BCUT2D eigenvalue weighted by atomic mass is 9.97. The molecule has 0 unspecified atom stereocenters. The van der Waals surface area contributed by atoms with Gasteiger partial charge in [-0.2, -0.15) is 5.26 Å². The number of nitro groups is 1. The Labute approximate surface area is 199 Å². The molecule has 10 nitrogen and oxygen atoms in total. The van der Waals surface area contributed by atoms with E-state index < -0.39 is 16.9 Å². The van der Waals surface area contributed by atoms with Gasteiger partial charge in [-0.05, 0) is 43.3 Å². The zero-order valence-corrected chi connectivity index (χ0v) is 19.3. The molecular formula is C23H21N5O5S. The fraction of sp³-hybridized carbons (Fsp3) is 0.261. The molecule has 0 radical (unpaired) electrons. The highest BCUT2D eigenvalue weighted by molar-refractivity contribution is 8.17. The van der Waals surface area contributed by atoms with Gasteiger partial charge in [0.1, 0.15) is 34.4 Å². The summed E-state index contributed by atoms with van der Waals surface area (Å²) >= 11 is 1.12. The number of aliphatic imine (C=N–C) groups is 1. The number of para-hydroxylation sites is 1. The predicted molar refractivity (Wildman–Crippen MR) is 126 cm³/mol. The molecule has 2 aromatic rings. The normalized spacial score (nSPS) is 17.4. The number of allylic oxidation sites excluding steroid dienone is 2. The number of nitrogens with zero attached hydrogens (tertiary/aromatic N) is 4. The second kappa shape index (κ2) is 9.44. The average molecular weight is 480 g/mol. The van der Waals surface area contributed by atoms with Crippen LogP contribution in [0, 0.1) is 21.4 Å². The molecule has 11 heteroatoms. The van der Waals surface area contributed by atoms with E-state index in [1.807, 2.05) is 6.92 Å². The van der Waals surface area contributed by atoms with Gasteiger partial charge in [0.25, 0.3) is 5.69 Å². The Bertz CT molecular complexity index is 1300. The van der Waals surface area contributed by atoms with Crippen LogP contribution in [0.5, 0.6) is 0 Å². The first-order valence-corrected chi connectivity index (χ1v) is 11.4. The van der Waals surface area contributed by atoms with E-state index in [4.69, 9.17) is 14.9 Å². The number of rotatable bonds is 7. The minimum absolute atomic E-state index is 0.106. The number of furan rings is 1. The lowest BCUT2D eigenvalue weighted by molar-refractivity contribution is -0.384. The van der Waals surface area contributed by atoms with Gasteiger partial charge in [0, 0.05) is 6.07 Å². The van der Waals surface area contributed by atoms with E-state index in [1.54, 1.807) is 42.2 Å². The minimum Gasteiger partial charge on any atom is -0.463 e. The minimum atomic E-state index is -0.844. The van der Waals surface area contributed by atoms with Crippen molar-refractivity contribution < 1.29 is 18.9 Å². The van der Waals surface area contributed by atoms with Gasteiger partial charge in [-0.15, -0.1) is 0 Å². The van der Waals surface area contributed by atoms with Crippen LogP contribution in [0.15, 0.2) is 67.8 Å². The van der Waals surface area contributed by atoms with E-state index in [1.165, 1.54) is 6.07 Å². The number of nitrogens with two attached hydrogens (primary N) is 1. The highest BCUT2D eigenvalue weighted by atomic mass is 32.2. The number of ether oxygens (including phenoxy) is 1. The molecule has 4 rings (SSSR count). The predicted octanol–water partition coefficient (Wildman–Crippen LogP) is 4.58. The van der Waals surface area contributed by atoms with Crippen LogP contribution in [0.2, 0.25) is 0 Å². The molecule has 0 saturated carbocycles. The second-order valence-corrected chi connectivity index (χ2v) is 8.38. The van der Waals surface area contributed by atoms with Gasteiger partial charge in [0.05, 0.1) is 28.4 Å². The number of fused-ring (bicyclic) bond motifs is 1. The fourth-order valence-corrected chi connectivity index (χ4v) is 4.78. The van der Waals surface area contributed by atoms with Crippen molar-refractivity contribution in [1.82, 2.24) is 4.90 Å². The summed E-state index contributed by atoms with van der Waals surface area (Å²) < 4.78 is 11.4. The fourth-order valence-electron chi connectivity index (χ4n) is 3.90. The van der Waals surface area contributed by atoms with Crippen LogP contribution in [0.1, 0.15) is 38.5 Å². The van der Waals surface area contributed by atoms with Gasteiger partial charge >= 0.3 is 5.97 Å². The summed E-state index contributed by atoms with van der Waals surface area (Å²) in [5.74, 6) is 0.171. The van der Waals surface area contributed by atoms with Gasteiger partial charge < -0.3 is 14.9 Å². The molecule has 2 N–H and O–H groups in total. The Balaban J connectivity index is 1.89. The number of nitriles is 1. The van der Waals surface area contributed by atoms with Crippen molar-refractivity contribution >= 4 is 28.6 Å². The van der Waals surface area contributed by atoms with E-state index in [2.05, 4.69) is 11.1 Å². The number of hydrogen-bond acceptors (Lipinski definition) is 10. The first-order chi connectivity index (χ1) is 16.4. The first-order valence-electron chi connectivity index (χ1n) is 10.6. The Morgan fingerprint density at radius 3 is 2.79 bits per heavy atom. The maximum atomic E-state index is 13.1. The molecule has 2 aliphatic rings. The molecule has 0 spiro atoms. The van der Waals surface area contributed by atoms with Crippen molar-refractivity contribution in [2.24, 2.45) is 10.7 Å². The Morgan fingerprint density at radius 1 is 1.35 bits per heavy atom. The van der Waals surface area contributed by atoms with Crippen LogP contribution in [0.25, 0.3) is 11.3 Å². The van der Waals surface area contributed by atoms with E-state index in [0.29, 0.717) is 28.6 Å². The molecule has 1 aromatic carbocycles. The van der Waals surface area contributed by atoms with E-state index >= 15 is 0 Å². The molecule has 0 saturated heterocycles. The van der Waals surface area contributed by atoms with Crippen molar-refractivity contribution in [1.29, 1.82) is 5.26 Å². The van der Waals surface area contributed by atoms with Gasteiger partial charge in [0.15, 0.2) is 5.17 Å². The average Bonchev–Trinajstić information content (AvgIpc) is 3.43. The SMILES string of the molecule is CCCC1=C(C(=O)OCC)[C@@H](c2ccc(-c3ccccc3[N+](=O)[O-])o2)N2C(=N1)SC(C#N)=C2N. The molecule has 1 atom stereocenters. The quantitative estimate of drug-likeness (QED) is 0.342. The highest BCUT2D eigenvalue weighted by Crippen LogP contribution is 2.47. The van der Waals surface area contributed by atoms with E-state index in [9.17, 15) is 20.2 Å². The maximum Gasteiger partial charge on any atom is 0.338 e. The summed E-state index contributed by atoms with van der Waals surface area (Å²) in [5, 5.41) is 21.5. The van der Waals surface area contributed by atoms with Crippen LogP contribution in [-0.2, 0) is 9.53 Å². The maximum absolute atomic E-state index is 13.1. The lowest BCUT2D eigenvalue weighted by Gasteiger charge is -2.33. The molecule has 0 amide bonds. The molecule has 0 bridgehead atoms. The van der Waals surface area contributed by atoms with Crippen molar-refractivity contribution in [3.63, 3.8) is 0 Å². The zero-order chi connectivity index (χ0) is 24.4. The van der Waals surface area contributed by atoms with Gasteiger partial charge in [-0.3, -0.25) is 15.0 Å². The number of benzene rings is 1. The van der Waals surface area contributed by atoms with Crippen molar-refractivity contribution in [2.45, 2.75) is 32.7 Å². The number of carbonyl (C=O) groups excluding carboxylic acids is 1. The molecule has 0 fully saturated rings. The summed E-state index contributed by atoms with van der Waals surface area (Å²) in [6.07, 6.45) is 1.22.